The van der Waals surface area contributed by atoms with Gasteiger partial charge in [0.25, 0.3) is 0 Å². The van der Waals surface area contributed by atoms with Gasteiger partial charge >= 0.3 is 49.1 Å². The Labute approximate surface area is 88.6 Å². The van der Waals surface area contributed by atoms with Crippen LogP contribution in [0.15, 0.2) is 29.9 Å². The first-order valence-electron chi connectivity index (χ1n) is 2.28. The first-order chi connectivity index (χ1) is 4.85. The first kappa shape index (κ1) is 10.9. The van der Waals surface area contributed by atoms with Crippen molar-refractivity contribution in [3.8, 4) is 0 Å². The van der Waals surface area contributed by atoms with Gasteiger partial charge in [0, 0.05) is 0 Å². The molecule has 0 saturated heterocycles. The molecule has 0 radical (unpaired) electrons. The topological polar surface area (TPSA) is 17.1 Å². The molecule has 0 N–H and O–H groups in total. The number of allylic oxidation sites excluding steroid dienone is 5. The third kappa shape index (κ3) is 5.66. The van der Waals surface area contributed by atoms with Crippen molar-refractivity contribution in [3.05, 3.63) is 29.9 Å². The van der Waals surface area contributed by atoms with Crippen molar-refractivity contribution in [2.24, 2.45) is 0 Å². The fourth-order valence-electron chi connectivity index (χ4n) is 0.442. The molecule has 1 nitrogen and oxygen atoms in total. The van der Waals surface area contributed by atoms with Crippen molar-refractivity contribution in [2.45, 2.75) is 0 Å². The van der Waals surface area contributed by atoms with Crippen LogP contribution in [-0.2, 0) is 13.1 Å². The van der Waals surface area contributed by atoms with Gasteiger partial charge in [0.1, 0.15) is 5.94 Å². The number of carbonyl (C=O) groups excluding carboxylic acids is 1. The molecule has 0 atom stereocenters. The minimum atomic E-state index is 0.625. The van der Waals surface area contributed by atoms with Crippen molar-refractivity contribution in [1.29, 1.82) is 0 Å². The SMILES string of the molecule is O=C=C1C=CC=C1.[I][Co][I]. The maximum atomic E-state index is 9.74. The van der Waals surface area contributed by atoms with Crippen molar-refractivity contribution in [2.75, 3.05) is 0 Å². The summed E-state index contributed by atoms with van der Waals surface area (Å²) in [7, 11) is 1.38. The van der Waals surface area contributed by atoms with Gasteiger partial charge in [-0.15, -0.1) is 0 Å². The Bertz CT molecular complexity index is 178. The van der Waals surface area contributed by atoms with Gasteiger partial charge in [-0.1, -0.05) is 12.2 Å². The van der Waals surface area contributed by atoms with E-state index in [9.17, 15) is 4.79 Å². The Kier molecular flexibility index (Phi) is 8.71. The molecule has 0 saturated carbocycles. The Morgan fingerprint density at radius 1 is 1.30 bits per heavy atom. The van der Waals surface area contributed by atoms with Crippen LogP contribution < -0.4 is 0 Å². The number of rotatable bonds is 0. The number of hydrogen-bond acceptors (Lipinski definition) is 1. The average Bonchev–Trinajstić information content (AvgIpc) is 2.39. The van der Waals surface area contributed by atoms with Crippen molar-refractivity contribution in [1.82, 2.24) is 0 Å². The summed E-state index contributed by atoms with van der Waals surface area (Å²) in [5, 5.41) is 0. The van der Waals surface area contributed by atoms with Gasteiger partial charge < -0.3 is 0 Å². The average molecular weight is 405 g/mol. The molecule has 10 heavy (non-hydrogen) atoms. The predicted molar refractivity (Wildman–Crippen MR) is 55.5 cm³/mol. The molecule has 0 aromatic rings. The molecule has 0 spiro atoms. The summed E-state index contributed by atoms with van der Waals surface area (Å²) in [6.07, 6.45) is 7.04. The summed E-state index contributed by atoms with van der Waals surface area (Å²) >= 11 is 4.49. The first-order valence-corrected chi connectivity index (χ1v) is 9.00. The third-order valence-electron chi connectivity index (χ3n) is 0.781. The normalized spacial score (nSPS) is 12.8. The second-order valence-corrected chi connectivity index (χ2v) is 10.1. The Morgan fingerprint density at radius 3 is 1.90 bits per heavy atom. The summed E-state index contributed by atoms with van der Waals surface area (Å²) < 4.78 is 0. The Balaban J connectivity index is 0.000000236. The van der Waals surface area contributed by atoms with Crippen molar-refractivity contribution < 1.29 is 13.1 Å². The number of halogens is 2. The molecule has 0 aromatic carbocycles. The Hall–Kier alpha value is 0.896. The van der Waals surface area contributed by atoms with E-state index in [1.165, 1.54) is 8.26 Å². The van der Waals surface area contributed by atoms with E-state index in [1.807, 2.05) is 0 Å². The van der Waals surface area contributed by atoms with Crippen LogP contribution in [-0.4, -0.2) is 5.94 Å². The van der Waals surface area contributed by atoms with Gasteiger partial charge in [0.05, 0.1) is 5.57 Å². The van der Waals surface area contributed by atoms with Crippen molar-refractivity contribution >= 4 is 46.8 Å². The fourth-order valence-corrected chi connectivity index (χ4v) is 0.442. The van der Waals surface area contributed by atoms with E-state index >= 15 is 0 Å². The maximum absolute atomic E-state index is 9.74. The van der Waals surface area contributed by atoms with Gasteiger partial charge in [-0.2, -0.15) is 0 Å². The molecule has 0 unspecified atom stereocenters. The van der Waals surface area contributed by atoms with E-state index in [1.54, 1.807) is 30.2 Å². The monoisotopic (exact) mass is 405 g/mol. The molecule has 0 heterocycles. The van der Waals surface area contributed by atoms with E-state index < -0.39 is 0 Å². The van der Waals surface area contributed by atoms with E-state index in [0.717, 1.165) is 0 Å². The minimum absolute atomic E-state index is 0.625. The van der Waals surface area contributed by atoms with Crippen LogP contribution in [0.25, 0.3) is 0 Å². The van der Waals surface area contributed by atoms with Gasteiger partial charge in [-0.05, 0) is 12.2 Å². The molecule has 1 aliphatic rings. The molecular formula is C6H4CoI2O. The number of hydrogen-bond donors (Lipinski definition) is 0. The van der Waals surface area contributed by atoms with Gasteiger partial charge in [0.15, 0.2) is 0 Å². The second-order valence-electron chi connectivity index (χ2n) is 1.32. The zero-order valence-corrected chi connectivity index (χ0v) is 10.2. The Morgan fingerprint density at radius 2 is 1.70 bits per heavy atom. The van der Waals surface area contributed by atoms with E-state index in [4.69, 9.17) is 0 Å². The summed E-state index contributed by atoms with van der Waals surface area (Å²) in [5.74, 6) is 1.76. The summed E-state index contributed by atoms with van der Waals surface area (Å²) in [6, 6.07) is 0. The standard InChI is InChI=1S/C6H4O.Co.2HI/c7-5-6-3-1-2-4-6;;;/h1-4H;;2*1H/q;+2;;/p-2. The van der Waals surface area contributed by atoms with Crippen LogP contribution in [0, 0.1) is 0 Å². The molecule has 0 fully saturated rings. The van der Waals surface area contributed by atoms with Gasteiger partial charge in [0.2, 0.25) is 0 Å². The molecule has 0 aliphatic heterocycles. The molecule has 0 amide bonds. The van der Waals surface area contributed by atoms with Crippen LogP contribution in [0.5, 0.6) is 0 Å². The summed E-state index contributed by atoms with van der Waals surface area (Å²) in [6.45, 7) is 0. The fraction of sp³-hybridized carbons (Fsp3) is 0. The quantitative estimate of drug-likeness (QED) is 0.448. The molecule has 1 aliphatic carbocycles. The molecule has 4 heteroatoms. The molecule has 0 aromatic heterocycles. The van der Waals surface area contributed by atoms with E-state index in [2.05, 4.69) is 40.8 Å². The predicted octanol–water partition coefficient (Wildman–Crippen LogP) is 2.64. The molecule has 0 bridgehead atoms. The summed E-state index contributed by atoms with van der Waals surface area (Å²) in [5.41, 5.74) is 0.625. The van der Waals surface area contributed by atoms with Gasteiger partial charge in [-0.25, -0.2) is 4.79 Å². The van der Waals surface area contributed by atoms with Crippen LogP contribution in [0.3, 0.4) is 0 Å². The van der Waals surface area contributed by atoms with E-state index in [0.29, 0.717) is 5.57 Å². The van der Waals surface area contributed by atoms with Crippen LogP contribution in [0.4, 0.5) is 0 Å². The summed E-state index contributed by atoms with van der Waals surface area (Å²) in [4.78, 5) is 9.74. The zero-order valence-electron chi connectivity index (χ0n) is 4.81. The molecular weight excluding hydrogens is 401 g/mol. The van der Waals surface area contributed by atoms with Crippen molar-refractivity contribution in [3.63, 3.8) is 0 Å². The molecule has 57 valence electrons. The second kappa shape index (κ2) is 8.00. The molecule has 1 rings (SSSR count). The van der Waals surface area contributed by atoms with Gasteiger partial charge in [-0.3, -0.25) is 0 Å². The van der Waals surface area contributed by atoms with Crippen LogP contribution in [0.1, 0.15) is 0 Å². The third-order valence-corrected chi connectivity index (χ3v) is 0.781. The zero-order chi connectivity index (χ0) is 7.82. The van der Waals surface area contributed by atoms with Crippen LogP contribution >= 0.6 is 40.8 Å². The van der Waals surface area contributed by atoms with Crippen LogP contribution in [0.2, 0.25) is 0 Å². The van der Waals surface area contributed by atoms with E-state index in [-0.39, 0.29) is 0 Å².